The van der Waals surface area contributed by atoms with Crippen molar-refractivity contribution in [2.75, 3.05) is 12.5 Å². The fraction of sp³-hybridized carbons (Fsp3) is 0.0500. The molecule has 0 saturated heterocycles. The van der Waals surface area contributed by atoms with Gasteiger partial charge in [0.25, 0.3) is 5.69 Å². The molecule has 0 unspecified atom stereocenters. The van der Waals surface area contributed by atoms with Gasteiger partial charge in [-0.15, -0.1) is 0 Å². The van der Waals surface area contributed by atoms with E-state index in [2.05, 4.69) is 10.5 Å². The first kappa shape index (κ1) is 24.4. The zero-order valence-corrected chi connectivity index (χ0v) is 18.8. The Morgan fingerprint density at radius 3 is 2.35 bits per heavy atom. The molecule has 0 saturated carbocycles. The maximum atomic E-state index is 12.5. The van der Waals surface area contributed by atoms with E-state index in [1.54, 1.807) is 6.07 Å². The lowest BCUT2D eigenvalue weighted by Gasteiger charge is -2.13. The van der Waals surface area contributed by atoms with Gasteiger partial charge in [0.15, 0.2) is 5.75 Å². The molecule has 0 atom stereocenters. The number of non-ortho nitro benzene ring substituents is 1. The van der Waals surface area contributed by atoms with Crippen molar-refractivity contribution in [2.45, 2.75) is 4.90 Å². The fourth-order valence-electron chi connectivity index (χ4n) is 2.70. The maximum absolute atomic E-state index is 12.5. The van der Waals surface area contributed by atoms with Crippen molar-refractivity contribution in [3.05, 3.63) is 91.5 Å². The fourth-order valence-corrected chi connectivity index (χ4v) is 3.98. The van der Waals surface area contributed by atoms with E-state index >= 15 is 0 Å². The first-order valence-corrected chi connectivity index (χ1v) is 11.0. The number of nitro groups is 2. The Morgan fingerprint density at radius 1 is 1.03 bits per heavy atom. The summed E-state index contributed by atoms with van der Waals surface area (Å²) in [7, 11) is -2.89. The summed E-state index contributed by atoms with van der Waals surface area (Å²) in [6.07, 6.45) is 1.23. The largest absolute Gasteiger partial charge is 0.493 e. The third-order valence-electron chi connectivity index (χ3n) is 4.26. The van der Waals surface area contributed by atoms with E-state index in [4.69, 9.17) is 20.5 Å². The Bertz CT molecular complexity index is 1380. The van der Waals surface area contributed by atoms with Crippen molar-refractivity contribution in [3.63, 3.8) is 0 Å². The third-order valence-corrected chi connectivity index (χ3v) is 5.78. The van der Waals surface area contributed by atoms with Gasteiger partial charge in [-0.1, -0.05) is 29.8 Å². The van der Waals surface area contributed by atoms with Crippen molar-refractivity contribution in [1.82, 2.24) is 0 Å². The van der Waals surface area contributed by atoms with Crippen LogP contribution in [-0.2, 0) is 10.1 Å². The molecule has 0 radical (unpaired) electrons. The summed E-state index contributed by atoms with van der Waals surface area (Å²) in [5.41, 5.74) is 1.70. The number of benzene rings is 3. The van der Waals surface area contributed by atoms with Crippen LogP contribution in [0.3, 0.4) is 0 Å². The van der Waals surface area contributed by atoms with Gasteiger partial charge in [-0.3, -0.25) is 25.7 Å². The van der Waals surface area contributed by atoms with Gasteiger partial charge in [0.2, 0.25) is 5.75 Å². The molecule has 0 spiro atoms. The molecule has 0 aliphatic carbocycles. The highest BCUT2D eigenvalue weighted by Crippen LogP contribution is 2.38. The number of hydrogen-bond donors (Lipinski definition) is 1. The van der Waals surface area contributed by atoms with Gasteiger partial charge in [-0.2, -0.15) is 13.5 Å². The monoisotopic (exact) mass is 506 g/mol. The molecule has 176 valence electrons. The van der Waals surface area contributed by atoms with Crippen LogP contribution in [0.1, 0.15) is 5.56 Å². The minimum Gasteiger partial charge on any atom is -0.493 e. The molecule has 0 bridgehead atoms. The van der Waals surface area contributed by atoms with Crippen molar-refractivity contribution in [3.8, 4) is 11.5 Å². The molecule has 0 fully saturated rings. The Kier molecular flexibility index (Phi) is 7.28. The summed E-state index contributed by atoms with van der Waals surface area (Å²) in [6, 6.07) is 13.2. The standard InChI is InChI=1S/C20H15ClN4O8S/c1-32-19-10-13(9-16(21)20(19)33-34(30,31)15-5-3-2-4-6-15)12-22-23-17-8-7-14(24(26)27)11-18(17)25(28)29/h2-12,23H,1H3/b22-12-. The van der Waals surface area contributed by atoms with Crippen molar-refractivity contribution in [2.24, 2.45) is 5.10 Å². The lowest BCUT2D eigenvalue weighted by Crippen LogP contribution is -2.11. The van der Waals surface area contributed by atoms with Gasteiger partial charge in [-0.05, 0) is 35.9 Å². The van der Waals surface area contributed by atoms with E-state index in [9.17, 15) is 28.6 Å². The zero-order chi connectivity index (χ0) is 24.9. The van der Waals surface area contributed by atoms with Crippen LogP contribution in [0, 0.1) is 20.2 Å². The smallest absolute Gasteiger partial charge is 0.339 e. The van der Waals surface area contributed by atoms with Gasteiger partial charge in [0.05, 0.1) is 34.3 Å². The van der Waals surface area contributed by atoms with Crippen molar-refractivity contribution < 1.29 is 27.2 Å². The average Bonchev–Trinajstić information content (AvgIpc) is 2.81. The van der Waals surface area contributed by atoms with E-state index in [1.165, 1.54) is 49.7 Å². The number of nitro benzene ring substituents is 2. The number of rotatable bonds is 9. The number of nitrogens with one attached hydrogen (secondary N) is 1. The highest BCUT2D eigenvalue weighted by Gasteiger charge is 2.22. The van der Waals surface area contributed by atoms with Gasteiger partial charge >= 0.3 is 15.8 Å². The second-order valence-corrected chi connectivity index (χ2v) is 8.42. The van der Waals surface area contributed by atoms with Gasteiger partial charge < -0.3 is 8.92 Å². The summed E-state index contributed by atoms with van der Waals surface area (Å²) in [5.74, 6) is -0.237. The van der Waals surface area contributed by atoms with Gasteiger partial charge in [0.1, 0.15) is 10.6 Å². The minimum absolute atomic E-state index is 0.00484. The van der Waals surface area contributed by atoms with Crippen LogP contribution in [0.25, 0.3) is 0 Å². The normalized spacial score (nSPS) is 11.2. The van der Waals surface area contributed by atoms with Crippen LogP contribution in [0.4, 0.5) is 17.1 Å². The van der Waals surface area contributed by atoms with Crippen LogP contribution >= 0.6 is 11.6 Å². The van der Waals surface area contributed by atoms with Crippen LogP contribution in [0.15, 0.2) is 70.7 Å². The maximum Gasteiger partial charge on any atom is 0.339 e. The molecule has 0 aromatic heterocycles. The second kappa shape index (κ2) is 10.1. The third kappa shape index (κ3) is 5.57. The molecule has 3 rings (SSSR count). The molecule has 1 N–H and O–H groups in total. The Labute approximate surface area is 197 Å². The number of nitrogens with zero attached hydrogens (tertiary/aromatic N) is 3. The Balaban J connectivity index is 1.85. The SMILES string of the molecule is COc1cc(/C=N\Nc2ccc([N+](=O)[O-])cc2[N+](=O)[O-])cc(Cl)c1OS(=O)(=O)c1ccccc1. The molecular formula is C20H15ClN4O8S. The van der Waals surface area contributed by atoms with Crippen molar-refractivity contribution in [1.29, 1.82) is 0 Å². The molecule has 0 heterocycles. The predicted octanol–water partition coefficient (Wildman–Crippen LogP) is 4.38. The minimum atomic E-state index is -4.18. The topological polar surface area (TPSA) is 163 Å². The lowest BCUT2D eigenvalue weighted by atomic mass is 10.2. The van der Waals surface area contributed by atoms with Crippen LogP contribution in [-0.4, -0.2) is 31.6 Å². The van der Waals surface area contributed by atoms with Crippen molar-refractivity contribution >= 4 is 45.0 Å². The first-order chi connectivity index (χ1) is 16.1. The molecule has 3 aromatic carbocycles. The summed E-state index contributed by atoms with van der Waals surface area (Å²) in [4.78, 5) is 20.4. The number of hydrazone groups is 1. The summed E-state index contributed by atoms with van der Waals surface area (Å²) < 4.78 is 35.4. The molecular weight excluding hydrogens is 492 g/mol. The van der Waals surface area contributed by atoms with E-state index in [0.717, 1.165) is 18.2 Å². The molecule has 14 heteroatoms. The zero-order valence-electron chi connectivity index (χ0n) is 17.2. The molecule has 3 aromatic rings. The lowest BCUT2D eigenvalue weighted by molar-refractivity contribution is -0.393. The molecule has 0 amide bonds. The second-order valence-electron chi connectivity index (χ2n) is 6.47. The number of ether oxygens (including phenoxy) is 1. The van der Waals surface area contributed by atoms with Crippen LogP contribution in [0.2, 0.25) is 5.02 Å². The van der Waals surface area contributed by atoms with Crippen LogP contribution < -0.4 is 14.3 Å². The Morgan fingerprint density at radius 2 is 1.74 bits per heavy atom. The number of methoxy groups -OCH3 is 1. The van der Waals surface area contributed by atoms with Gasteiger partial charge in [0, 0.05) is 6.07 Å². The Hall–Kier alpha value is -4.23. The first-order valence-electron chi connectivity index (χ1n) is 9.21. The molecule has 34 heavy (non-hydrogen) atoms. The quantitative estimate of drug-likeness (QED) is 0.192. The van der Waals surface area contributed by atoms with E-state index in [-0.39, 0.29) is 27.1 Å². The molecule has 0 aliphatic heterocycles. The average molecular weight is 507 g/mol. The highest BCUT2D eigenvalue weighted by molar-refractivity contribution is 7.87. The van der Waals surface area contributed by atoms with E-state index < -0.39 is 31.3 Å². The van der Waals surface area contributed by atoms with Gasteiger partial charge in [-0.25, -0.2) is 0 Å². The summed E-state index contributed by atoms with van der Waals surface area (Å²) in [5, 5.41) is 25.8. The number of hydrogen-bond acceptors (Lipinski definition) is 10. The van der Waals surface area contributed by atoms with E-state index in [1.807, 2.05) is 0 Å². The highest BCUT2D eigenvalue weighted by atomic mass is 35.5. The number of anilines is 1. The van der Waals surface area contributed by atoms with E-state index in [0.29, 0.717) is 5.56 Å². The molecule has 12 nitrogen and oxygen atoms in total. The number of halogens is 1. The summed E-state index contributed by atoms with van der Waals surface area (Å²) in [6.45, 7) is 0. The van der Waals surface area contributed by atoms with Crippen LogP contribution in [0.5, 0.6) is 11.5 Å². The summed E-state index contributed by atoms with van der Waals surface area (Å²) >= 11 is 6.21. The predicted molar refractivity (Wildman–Crippen MR) is 123 cm³/mol. The molecule has 0 aliphatic rings.